The van der Waals surface area contributed by atoms with E-state index in [9.17, 15) is 4.79 Å². The quantitative estimate of drug-likeness (QED) is 0.655. The summed E-state index contributed by atoms with van der Waals surface area (Å²) in [7, 11) is 1.86. The number of carbonyl (C=O) groups is 1. The van der Waals surface area contributed by atoms with Crippen molar-refractivity contribution in [3.8, 4) is 0 Å². The minimum atomic E-state index is -0.226. The number of carbonyl (C=O) groups excluding carboxylic acids is 1. The first-order valence-electron chi connectivity index (χ1n) is 5.65. The van der Waals surface area contributed by atoms with Gasteiger partial charge in [-0.3, -0.25) is 9.80 Å². The van der Waals surface area contributed by atoms with Gasteiger partial charge >= 0.3 is 0 Å². The Morgan fingerprint density at radius 3 is 2.89 bits per heavy atom. The topological polar surface area (TPSA) is 87.6 Å². The van der Waals surface area contributed by atoms with Crippen LogP contribution in [-0.4, -0.2) is 29.5 Å². The van der Waals surface area contributed by atoms with Crippen LogP contribution in [0.5, 0.6) is 0 Å². The van der Waals surface area contributed by atoms with Crippen molar-refractivity contribution in [1.82, 2.24) is 9.91 Å². The Morgan fingerprint density at radius 1 is 1.50 bits per heavy atom. The van der Waals surface area contributed by atoms with Gasteiger partial charge in [-0.25, -0.2) is 5.84 Å². The molecule has 0 spiro atoms. The number of nitrogens with zero attached hydrogens (tertiary/aromatic N) is 2. The third-order valence-corrected chi connectivity index (χ3v) is 2.68. The number of benzene rings is 1. The van der Waals surface area contributed by atoms with E-state index in [4.69, 9.17) is 11.6 Å². The SMILES string of the molecule is CN1C=C(C(=O)Nc2cccc(CN)c2)N(N)C1. The second kappa shape index (κ2) is 5.07. The molecule has 6 heteroatoms. The summed E-state index contributed by atoms with van der Waals surface area (Å²) >= 11 is 0. The summed E-state index contributed by atoms with van der Waals surface area (Å²) in [6.45, 7) is 0.948. The van der Waals surface area contributed by atoms with Gasteiger partial charge in [0.15, 0.2) is 0 Å². The monoisotopic (exact) mass is 247 g/mol. The molecule has 2 rings (SSSR count). The highest BCUT2D eigenvalue weighted by Gasteiger charge is 2.21. The number of rotatable bonds is 3. The Kier molecular flexibility index (Phi) is 3.50. The van der Waals surface area contributed by atoms with Gasteiger partial charge in [0.1, 0.15) is 12.4 Å². The van der Waals surface area contributed by atoms with Crippen molar-refractivity contribution in [2.45, 2.75) is 6.54 Å². The molecule has 0 saturated carbocycles. The fourth-order valence-electron chi connectivity index (χ4n) is 1.80. The van der Waals surface area contributed by atoms with Crippen LogP contribution in [0.4, 0.5) is 5.69 Å². The van der Waals surface area contributed by atoms with Crippen molar-refractivity contribution >= 4 is 11.6 Å². The summed E-state index contributed by atoms with van der Waals surface area (Å²) in [6.07, 6.45) is 1.71. The molecule has 1 heterocycles. The first kappa shape index (κ1) is 12.4. The van der Waals surface area contributed by atoms with Crippen molar-refractivity contribution in [3.05, 3.63) is 41.7 Å². The summed E-state index contributed by atoms with van der Waals surface area (Å²) in [5.74, 6) is 5.50. The molecule has 18 heavy (non-hydrogen) atoms. The van der Waals surface area contributed by atoms with E-state index in [2.05, 4.69) is 5.32 Å². The summed E-state index contributed by atoms with van der Waals surface area (Å²) < 4.78 is 0. The Balaban J connectivity index is 2.09. The lowest BCUT2D eigenvalue weighted by molar-refractivity contribution is -0.114. The van der Waals surface area contributed by atoms with Crippen LogP contribution in [-0.2, 0) is 11.3 Å². The zero-order valence-corrected chi connectivity index (χ0v) is 10.3. The fraction of sp³-hybridized carbons (Fsp3) is 0.250. The number of hydrogen-bond acceptors (Lipinski definition) is 5. The first-order chi connectivity index (χ1) is 8.60. The third kappa shape index (κ3) is 2.61. The molecule has 0 bridgehead atoms. The Bertz CT molecular complexity index is 485. The van der Waals surface area contributed by atoms with Gasteiger partial charge in [-0.15, -0.1) is 0 Å². The molecular formula is C12H17N5O. The molecule has 1 aliphatic heterocycles. The zero-order valence-electron chi connectivity index (χ0n) is 10.3. The third-order valence-electron chi connectivity index (χ3n) is 2.68. The van der Waals surface area contributed by atoms with Gasteiger partial charge in [0, 0.05) is 25.5 Å². The first-order valence-corrected chi connectivity index (χ1v) is 5.65. The minimum absolute atomic E-state index is 0.226. The fourth-order valence-corrected chi connectivity index (χ4v) is 1.80. The van der Waals surface area contributed by atoms with Crippen molar-refractivity contribution < 1.29 is 4.79 Å². The average Bonchev–Trinajstić information content (AvgIpc) is 2.69. The average molecular weight is 247 g/mol. The number of nitrogens with one attached hydrogen (secondary N) is 1. The molecule has 1 amide bonds. The Labute approximate surface area is 106 Å². The van der Waals surface area contributed by atoms with Gasteiger partial charge in [0.2, 0.25) is 0 Å². The normalized spacial score (nSPS) is 14.7. The van der Waals surface area contributed by atoms with Crippen LogP contribution in [0.2, 0.25) is 0 Å². The number of hydrogen-bond donors (Lipinski definition) is 3. The van der Waals surface area contributed by atoms with E-state index < -0.39 is 0 Å². The second-order valence-corrected chi connectivity index (χ2v) is 4.24. The maximum absolute atomic E-state index is 12.0. The molecule has 0 saturated heterocycles. The minimum Gasteiger partial charge on any atom is -0.360 e. The molecule has 1 aromatic rings. The van der Waals surface area contributed by atoms with Crippen LogP contribution in [0.25, 0.3) is 0 Å². The van der Waals surface area contributed by atoms with Crippen LogP contribution in [0.3, 0.4) is 0 Å². The van der Waals surface area contributed by atoms with Gasteiger partial charge in [-0.1, -0.05) is 12.1 Å². The molecule has 0 fully saturated rings. The number of anilines is 1. The Morgan fingerprint density at radius 2 is 2.28 bits per heavy atom. The lowest BCUT2D eigenvalue weighted by atomic mass is 10.2. The van der Waals surface area contributed by atoms with E-state index in [0.29, 0.717) is 24.6 Å². The molecule has 96 valence electrons. The smallest absolute Gasteiger partial charge is 0.274 e. The van der Waals surface area contributed by atoms with E-state index in [1.807, 2.05) is 36.2 Å². The van der Waals surface area contributed by atoms with E-state index in [-0.39, 0.29) is 5.91 Å². The zero-order chi connectivity index (χ0) is 13.1. The molecule has 0 atom stereocenters. The van der Waals surface area contributed by atoms with Crippen LogP contribution in [0.1, 0.15) is 5.56 Å². The van der Waals surface area contributed by atoms with Crippen LogP contribution in [0.15, 0.2) is 36.2 Å². The molecule has 1 aromatic carbocycles. The maximum Gasteiger partial charge on any atom is 0.274 e. The van der Waals surface area contributed by atoms with Crippen LogP contribution >= 0.6 is 0 Å². The predicted octanol–water partition coefficient (Wildman–Crippen LogP) is 0.00380. The summed E-state index contributed by atoms with van der Waals surface area (Å²) in [5.41, 5.74) is 7.68. The van der Waals surface area contributed by atoms with E-state index >= 15 is 0 Å². The summed E-state index contributed by atoms with van der Waals surface area (Å²) in [6, 6.07) is 7.43. The number of hydrazine groups is 1. The summed E-state index contributed by atoms with van der Waals surface area (Å²) in [5, 5.41) is 4.20. The van der Waals surface area contributed by atoms with Gasteiger partial charge in [0.25, 0.3) is 5.91 Å². The highest BCUT2D eigenvalue weighted by Crippen LogP contribution is 2.15. The maximum atomic E-state index is 12.0. The Hall–Kier alpha value is -2.05. The molecule has 0 aromatic heterocycles. The van der Waals surface area contributed by atoms with Crippen molar-refractivity contribution in [1.29, 1.82) is 0 Å². The molecule has 1 aliphatic rings. The van der Waals surface area contributed by atoms with Crippen molar-refractivity contribution in [3.63, 3.8) is 0 Å². The highest BCUT2D eigenvalue weighted by atomic mass is 16.2. The number of nitrogens with two attached hydrogens (primary N) is 2. The van der Waals surface area contributed by atoms with Crippen molar-refractivity contribution in [2.75, 3.05) is 19.0 Å². The lowest BCUT2D eigenvalue weighted by Gasteiger charge is -2.15. The molecule has 0 radical (unpaired) electrons. The van der Waals surface area contributed by atoms with Gasteiger partial charge in [0.05, 0.1) is 0 Å². The number of amides is 1. The van der Waals surface area contributed by atoms with E-state index in [0.717, 1.165) is 5.56 Å². The van der Waals surface area contributed by atoms with E-state index in [1.165, 1.54) is 5.01 Å². The van der Waals surface area contributed by atoms with Gasteiger partial charge < -0.3 is 16.0 Å². The molecule has 0 aliphatic carbocycles. The van der Waals surface area contributed by atoms with Crippen LogP contribution in [0, 0.1) is 0 Å². The molecular weight excluding hydrogens is 230 g/mol. The van der Waals surface area contributed by atoms with Crippen molar-refractivity contribution in [2.24, 2.45) is 11.6 Å². The summed E-state index contributed by atoms with van der Waals surface area (Å²) in [4.78, 5) is 13.8. The van der Waals surface area contributed by atoms with Gasteiger partial charge in [-0.2, -0.15) is 0 Å². The standard InChI is InChI=1S/C12H17N5O/c1-16-7-11(17(14)8-16)12(18)15-10-4-2-3-9(5-10)6-13/h2-5,7H,6,8,13-14H2,1H3,(H,15,18). The second-order valence-electron chi connectivity index (χ2n) is 4.24. The highest BCUT2D eigenvalue weighted by molar-refractivity contribution is 6.03. The predicted molar refractivity (Wildman–Crippen MR) is 69.7 cm³/mol. The van der Waals surface area contributed by atoms with Crippen LogP contribution < -0.4 is 16.9 Å². The largest absolute Gasteiger partial charge is 0.360 e. The molecule has 0 unspecified atom stereocenters. The molecule has 5 N–H and O–H groups in total. The van der Waals surface area contributed by atoms with Gasteiger partial charge in [-0.05, 0) is 17.7 Å². The lowest BCUT2D eigenvalue weighted by Crippen LogP contribution is -2.35. The molecule has 6 nitrogen and oxygen atoms in total. The van der Waals surface area contributed by atoms with E-state index in [1.54, 1.807) is 6.20 Å².